The number of ether oxygens (including phenoxy) is 1. The quantitative estimate of drug-likeness (QED) is 0.333. The number of amides is 2. The van der Waals surface area contributed by atoms with E-state index in [0.717, 1.165) is 16.9 Å². The summed E-state index contributed by atoms with van der Waals surface area (Å²) in [6.45, 7) is 9.98. The molecule has 1 atom stereocenters. The van der Waals surface area contributed by atoms with E-state index in [9.17, 15) is 14.5 Å². The van der Waals surface area contributed by atoms with Gasteiger partial charge < -0.3 is 15.0 Å². The van der Waals surface area contributed by atoms with Crippen molar-refractivity contribution in [2.75, 3.05) is 19.6 Å². The van der Waals surface area contributed by atoms with Crippen LogP contribution in [0.25, 0.3) is 0 Å². The molecule has 8 nitrogen and oxygen atoms in total. The van der Waals surface area contributed by atoms with Crippen molar-refractivity contribution in [2.24, 2.45) is 5.18 Å². The Kier molecular flexibility index (Phi) is 9.09. The van der Waals surface area contributed by atoms with Crippen LogP contribution in [0.5, 0.6) is 11.5 Å². The zero-order valence-corrected chi connectivity index (χ0v) is 23.0. The summed E-state index contributed by atoms with van der Waals surface area (Å²) in [4.78, 5) is 42.7. The highest BCUT2D eigenvalue weighted by atomic mass is 16.5. The summed E-state index contributed by atoms with van der Waals surface area (Å²) in [5, 5.41) is 6.10. The first-order valence-corrected chi connectivity index (χ1v) is 13.4. The Bertz CT molecular complexity index is 1300. The van der Waals surface area contributed by atoms with Gasteiger partial charge in [-0.2, -0.15) is 0 Å². The third-order valence-electron chi connectivity index (χ3n) is 7.06. The second-order valence-electron chi connectivity index (χ2n) is 10.3. The predicted molar refractivity (Wildman–Crippen MR) is 152 cm³/mol. The number of nitroso groups, excluding NO2 is 1. The number of hydrogen-bond donors (Lipinski definition) is 1. The summed E-state index contributed by atoms with van der Waals surface area (Å²) in [6, 6.07) is 21.4. The summed E-state index contributed by atoms with van der Waals surface area (Å²) in [6.07, 6.45) is 0.544. The molecule has 8 heteroatoms. The van der Waals surface area contributed by atoms with Gasteiger partial charge in [-0.05, 0) is 86.8 Å². The third kappa shape index (κ3) is 6.52. The minimum Gasteiger partial charge on any atom is -0.457 e. The number of fused-ring (bicyclic) bond motifs is 1. The van der Waals surface area contributed by atoms with Gasteiger partial charge in [-0.3, -0.25) is 14.5 Å². The molecule has 204 valence electrons. The third-order valence-corrected chi connectivity index (χ3v) is 7.06. The van der Waals surface area contributed by atoms with E-state index in [2.05, 4.69) is 43.1 Å². The summed E-state index contributed by atoms with van der Waals surface area (Å²) in [7, 11) is 0. The van der Waals surface area contributed by atoms with Crippen molar-refractivity contribution in [3.8, 4) is 11.5 Å². The molecule has 1 aliphatic heterocycles. The second-order valence-corrected chi connectivity index (χ2v) is 10.3. The van der Waals surface area contributed by atoms with Gasteiger partial charge in [-0.15, -0.1) is 4.91 Å². The van der Waals surface area contributed by atoms with Crippen molar-refractivity contribution >= 4 is 17.5 Å². The van der Waals surface area contributed by atoms with Gasteiger partial charge in [0.05, 0.1) is 5.56 Å². The van der Waals surface area contributed by atoms with Crippen LogP contribution in [0, 0.1) is 4.91 Å². The lowest BCUT2D eigenvalue weighted by atomic mass is 9.91. The maximum absolute atomic E-state index is 13.7. The van der Waals surface area contributed by atoms with Crippen molar-refractivity contribution in [2.45, 2.75) is 52.2 Å². The molecule has 1 unspecified atom stereocenters. The molecule has 0 aliphatic carbocycles. The molecule has 3 aromatic rings. The number of benzene rings is 3. The van der Waals surface area contributed by atoms with Crippen LogP contribution < -0.4 is 10.1 Å². The second kappa shape index (κ2) is 12.7. The van der Waals surface area contributed by atoms with Gasteiger partial charge in [0.25, 0.3) is 5.91 Å². The summed E-state index contributed by atoms with van der Waals surface area (Å²) in [5.41, 5.74) is 1.93. The minimum absolute atomic E-state index is 0.0589. The SMILES string of the molecule is CC(C)N(CCNC(=O)C1c2ccc(Oc3ccccc3)cc2CCN1C(=O)c1ccccc1N=O)C(C)C. The summed E-state index contributed by atoms with van der Waals surface area (Å²) in [5.74, 6) is 0.729. The van der Waals surface area contributed by atoms with E-state index in [1.807, 2.05) is 48.5 Å². The number of carbonyl (C=O) groups is 2. The molecule has 0 fully saturated rings. The molecule has 0 saturated heterocycles. The molecule has 39 heavy (non-hydrogen) atoms. The molecule has 2 amide bonds. The van der Waals surface area contributed by atoms with E-state index in [4.69, 9.17) is 4.74 Å². The van der Waals surface area contributed by atoms with Crippen LogP contribution in [-0.2, 0) is 11.2 Å². The molecule has 0 radical (unpaired) electrons. The number of nitrogens with one attached hydrogen (secondary N) is 1. The number of hydrogen-bond acceptors (Lipinski definition) is 6. The lowest BCUT2D eigenvalue weighted by molar-refractivity contribution is -0.126. The fourth-order valence-electron chi connectivity index (χ4n) is 5.20. The molecule has 4 rings (SSSR count). The zero-order valence-electron chi connectivity index (χ0n) is 23.0. The fourth-order valence-corrected chi connectivity index (χ4v) is 5.20. The maximum Gasteiger partial charge on any atom is 0.257 e. The molecule has 1 heterocycles. The van der Waals surface area contributed by atoms with Crippen LogP contribution in [0.15, 0.2) is 78.0 Å². The Morgan fingerprint density at radius 1 is 0.974 bits per heavy atom. The molecule has 0 saturated carbocycles. The Morgan fingerprint density at radius 2 is 1.67 bits per heavy atom. The number of para-hydroxylation sites is 1. The first kappa shape index (κ1) is 28.0. The smallest absolute Gasteiger partial charge is 0.257 e. The topological polar surface area (TPSA) is 91.3 Å². The van der Waals surface area contributed by atoms with E-state index >= 15 is 0 Å². The molecule has 0 spiro atoms. The minimum atomic E-state index is -0.849. The van der Waals surface area contributed by atoms with Gasteiger partial charge in [-0.1, -0.05) is 36.4 Å². The van der Waals surface area contributed by atoms with Gasteiger partial charge >= 0.3 is 0 Å². The normalized spacial score (nSPS) is 14.8. The van der Waals surface area contributed by atoms with Crippen molar-refractivity contribution < 1.29 is 14.3 Å². The molecular formula is C31H36N4O4. The maximum atomic E-state index is 13.7. The van der Waals surface area contributed by atoms with E-state index in [-0.39, 0.29) is 17.2 Å². The molecular weight excluding hydrogens is 492 g/mol. The van der Waals surface area contributed by atoms with E-state index in [0.29, 0.717) is 43.9 Å². The molecule has 0 aromatic heterocycles. The van der Waals surface area contributed by atoms with Gasteiger partial charge in [0, 0.05) is 31.7 Å². The van der Waals surface area contributed by atoms with Crippen molar-refractivity contribution in [1.29, 1.82) is 0 Å². The Hall–Kier alpha value is -4.04. The highest BCUT2D eigenvalue weighted by Gasteiger charge is 2.37. The largest absolute Gasteiger partial charge is 0.457 e. The lowest BCUT2D eigenvalue weighted by Gasteiger charge is -2.37. The van der Waals surface area contributed by atoms with Gasteiger partial charge in [0.15, 0.2) is 0 Å². The summed E-state index contributed by atoms with van der Waals surface area (Å²) < 4.78 is 6.02. The fraction of sp³-hybridized carbons (Fsp3) is 0.355. The number of carbonyl (C=O) groups excluding carboxylic acids is 2. The number of rotatable bonds is 10. The average Bonchev–Trinajstić information content (AvgIpc) is 2.94. The van der Waals surface area contributed by atoms with Gasteiger partial charge in [0.1, 0.15) is 23.2 Å². The Morgan fingerprint density at radius 3 is 2.36 bits per heavy atom. The van der Waals surface area contributed by atoms with Gasteiger partial charge in [0.2, 0.25) is 5.91 Å². The highest BCUT2D eigenvalue weighted by molar-refractivity contribution is 6.01. The van der Waals surface area contributed by atoms with E-state index in [1.54, 1.807) is 23.1 Å². The Balaban J connectivity index is 1.63. The first-order valence-electron chi connectivity index (χ1n) is 13.4. The van der Waals surface area contributed by atoms with Crippen LogP contribution in [0.1, 0.15) is 55.2 Å². The van der Waals surface area contributed by atoms with E-state index in [1.165, 1.54) is 6.07 Å². The highest BCUT2D eigenvalue weighted by Crippen LogP contribution is 2.35. The van der Waals surface area contributed by atoms with Crippen molar-refractivity contribution in [3.05, 3.63) is 94.4 Å². The van der Waals surface area contributed by atoms with E-state index < -0.39 is 11.9 Å². The van der Waals surface area contributed by atoms with Crippen LogP contribution in [0.3, 0.4) is 0 Å². The number of nitrogens with zero attached hydrogens (tertiary/aromatic N) is 3. The summed E-state index contributed by atoms with van der Waals surface area (Å²) >= 11 is 0. The van der Waals surface area contributed by atoms with Gasteiger partial charge in [-0.25, -0.2) is 0 Å². The molecule has 1 aliphatic rings. The molecule has 3 aromatic carbocycles. The van der Waals surface area contributed by atoms with Crippen LogP contribution in [0.4, 0.5) is 5.69 Å². The molecule has 1 N–H and O–H groups in total. The lowest BCUT2D eigenvalue weighted by Crippen LogP contribution is -2.49. The predicted octanol–water partition coefficient (Wildman–Crippen LogP) is 5.85. The van der Waals surface area contributed by atoms with Crippen molar-refractivity contribution in [3.63, 3.8) is 0 Å². The van der Waals surface area contributed by atoms with Crippen LogP contribution in [0.2, 0.25) is 0 Å². The first-order chi connectivity index (χ1) is 18.8. The van der Waals surface area contributed by atoms with Crippen LogP contribution in [-0.4, -0.2) is 53.3 Å². The zero-order chi connectivity index (χ0) is 27.9. The molecule has 0 bridgehead atoms. The average molecular weight is 529 g/mol. The van der Waals surface area contributed by atoms with Crippen LogP contribution >= 0.6 is 0 Å². The van der Waals surface area contributed by atoms with Crippen molar-refractivity contribution in [1.82, 2.24) is 15.1 Å². The standard InChI is InChI=1S/C31H36N4O4/c1-21(2)34(22(3)4)19-17-32-30(36)29-26-15-14-25(39-24-10-6-5-7-11-24)20-23(26)16-18-35(29)31(37)27-12-8-9-13-28(27)33-38/h5-15,20-22,29H,16-19H2,1-4H3,(H,32,36). The monoisotopic (exact) mass is 528 g/mol. The Labute approximate surface area is 229 Å².